The molecule has 1 fully saturated rings. The summed E-state index contributed by atoms with van der Waals surface area (Å²) < 4.78 is 5.59. The zero-order valence-electron chi connectivity index (χ0n) is 16.0. The number of phenolic OH excluding ortho intramolecular Hbond substituents is 1. The van der Waals surface area contributed by atoms with Crippen LogP contribution in [0, 0.1) is 17.0 Å². The molecule has 2 amide bonds. The van der Waals surface area contributed by atoms with Crippen LogP contribution in [-0.2, 0) is 9.59 Å². The summed E-state index contributed by atoms with van der Waals surface area (Å²) >= 11 is 6.10. The molecule has 10 heteroatoms. The summed E-state index contributed by atoms with van der Waals surface area (Å²) in [4.78, 5) is 35.5. The van der Waals surface area contributed by atoms with Crippen molar-refractivity contribution in [2.45, 2.75) is 6.92 Å². The fraction of sp³-hybridized carbons (Fsp3) is 0.0476. The van der Waals surface area contributed by atoms with E-state index in [9.17, 15) is 24.8 Å². The van der Waals surface area contributed by atoms with Crippen LogP contribution >= 0.6 is 11.6 Å². The van der Waals surface area contributed by atoms with Crippen LogP contribution in [0.4, 0.5) is 11.4 Å². The largest absolute Gasteiger partial charge is 0.507 e. The molecule has 1 aliphatic heterocycles. The lowest BCUT2D eigenvalue weighted by atomic mass is 10.1. The zero-order valence-corrected chi connectivity index (χ0v) is 16.7. The fourth-order valence-corrected chi connectivity index (χ4v) is 3.19. The number of aryl methyl sites for hydroxylation is 1. The molecule has 0 radical (unpaired) electrons. The van der Waals surface area contributed by atoms with Gasteiger partial charge in [-0.3, -0.25) is 25.1 Å². The summed E-state index contributed by atoms with van der Waals surface area (Å²) in [5.74, 6) is -1.14. The Hall–Kier alpha value is -4.11. The predicted octanol–water partition coefficient (Wildman–Crippen LogP) is 3.98. The predicted molar refractivity (Wildman–Crippen MR) is 112 cm³/mol. The van der Waals surface area contributed by atoms with E-state index in [1.807, 2.05) is 6.92 Å². The summed E-state index contributed by atoms with van der Waals surface area (Å²) in [5, 5.41) is 22.5. The fourth-order valence-electron chi connectivity index (χ4n) is 3.01. The third-order valence-corrected chi connectivity index (χ3v) is 5.08. The molecular formula is C21H14ClN3O6. The first-order valence-corrected chi connectivity index (χ1v) is 9.33. The number of carbonyl (C=O) groups excluding carboxylic acids is 2. The molecule has 156 valence electrons. The van der Waals surface area contributed by atoms with Crippen LogP contribution in [0.15, 0.2) is 58.5 Å². The highest BCUT2D eigenvalue weighted by Gasteiger charge is 2.35. The van der Waals surface area contributed by atoms with Gasteiger partial charge in [0.05, 0.1) is 16.2 Å². The van der Waals surface area contributed by atoms with E-state index >= 15 is 0 Å². The molecule has 0 unspecified atom stereocenters. The molecule has 1 saturated heterocycles. The topological polar surface area (TPSA) is 126 Å². The number of benzene rings is 2. The van der Waals surface area contributed by atoms with Gasteiger partial charge in [0.25, 0.3) is 17.5 Å². The van der Waals surface area contributed by atoms with Gasteiger partial charge >= 0.3 is 0 Å². The van der Waals surface area contributed by atoms with Gasteiger partial charge in [-0.25, -0.2) is 5.01 Å². The number of nitro groups is 1. The molecule has 1 aliphatic rings. The Morgan fingerprint density at radius 1 is 1.16 bits per heavy atom. The monoisotopic (exact) mass is 439 g/mol. The molecule has 2 aromatic carbocycles. The van der Waals surface area contributed by atoms with E-state index in [-0.39, 0.29) is 34.1 Å². The van der Waals surface area contributed by atoms with Gasteiger partial charge in [-0.1, -0.05) is 17.7 Å². The first-order valence-electron chi connectivity index (χ1n) is 8.95. The standard InChI is InChI=1S/C21H14ClN3O6/c1-11-2-3-12(9-17(11)22)24-21(28)16(20(27)23-24)10-14-5-7-19(31-14)15-8-13(25(29)30)4-6-18(15)26/h2-10,26H,1H3,(H,23,27). The van der Waals surface area contributed by atoms with Gasteiger partial charge in [0.1, 0.15) is 22.8 Å². The lowest BCUT2D eigenvalue weighted by molar-refractivity contribution is -0.384. The molecule has 2 N–H and O–H groups in total. The van der Waals surface area contributed by atoms with Gasteiger partial charge in [-0.15, -0.1) is 0 Å². The number of non-ortho nitro benzene ring substituents is 1. The van der Waals surface area contributed by atoms with Crippen molar-refractivity contribution in [3.8, 4) is 17.1 Å². The third kappa shape index (κ3) is 3.74. The highest BCUT2D eigenvalue weighted by Crippen LogP contribution is 2.34. The van der Waals surface area contributed by atoms with Gasteiger partial charge in [0.15, 0.2) is 0 Å². The highest BCUT2D eigenvalue weighted by molar-refractivity contribution is 6.33. The third-order valence-electron chi connectivity index (χ3n) is 4.67. The average molecular weight is 440 g/mol. The number of hydrogen-bond acceptors (Lipinski definition) is 6. The molecule has 9 nitrogen and oxygen atoms in total. The number of nitrogens with one attached hydrogen (secondary N) is 1. The number of amides is 2. The Morgan fingerprint density at radius 2 is 1.94 bits per heavy atom. The smallest absolute Gasteiger partial charge is 0.282 e. The lowest BCUT2D eigenvalue weighted by Gasteiger charge is -2.15. The number of hydrogen-bond donors (Lipinski definition) is 2. The zero-order chi connectivity index (χ0) is 22.3. The quantitative estimate of drug-likeness (QED) is 0.274. The van der Waals surface area contributed by atoms with Crippen LogP contribution in [0.25, 0.3) is 17.4 Å². The van der Waals surface area contributed by atoms with Crippen molar-refractivity contribution in [3.63, 3.8) is 0 Å². The molecule has 0 spiro atoms. The Bertz CT molecular complexity index is 1280. The van der Waals surface area contributed by atoms with Crippen molar-refractivity contribution < 1.29 is 24.0 Å². The second-order valence-electron chi connectivity index (χ2n) is 6.73. The van der Waals surface area contributed by atoms with E-state index in [2.05, 4.69) is 5.43 Å². The summed E-state index contributed by atoms with van der Waals surface area (Å²) in [5.41, 5.74) is 3.42. The Kier molecular flexibility index (Phi) is 4.96. The first kappa shape index (κ1) is 20.2. The Balaban J connectivity index is 1.64. The van der Waals surface area contributed by atoms with Crippen molar-refractivity contribution in [1.29, 1.82) is 0 Å². The normalized spacial score (nSPS) is 14.9. The van der Waals surface area contributed by atoms with Gasteiger partial charge in [0, 0.05) is 17.2 Å². The number of nitro benzene ring substituents is 1. The molecule has 4 rings (SSSR count). The van der Waals surface area contributed by atoms with Crippen LogP contribution in [0.2, 0.25) is 5.02 Å². The van der Waals surface area contributed by atoms with E-state index in [1.54, 1.807) is 18.2 Å². The minimum atomic E-state index is -0.627. The minimum absolute atomic E-state index is 0.108. The van der Waals surface area contributed by atoms with E-state index in [1.165, 1.54) is 30.3 Å². The molecule has 0 saturated carbocycles. The molecule has 0 aliphatic carbocycles. The number of carbonyl (C=O) groups is 2. The number of rotatable bonds is 4. The minimum Gasteiger partial charge on any atom is -0.507 e. The lowest BCUT2D eigenvalue weighted by Crippen LogP contribution is -2.35. The average Bonchev–Trinajstić information content (AvgIpc) is 3.30. The maximum absolute atomic E-state index is 12.7. The molecular weight excluding hydrogens is 426 g/mol. The molecule has 2 heterocycles. The number of halogens is 1. The van der Waals surface area contributed by atoms with Gasteiger partial charge in [-0.05, 0) is 48.9 Å². The van der Waals surface area contributed by atoms with Crippen molar-refractivity contribution in [3.05, 3.63) is 80.6 Å². The molecule has 31 heavy (non-hydrogen) atoms. The molecule has 3 aromatic rings. The van der Waals surface area contributed by atoms with Gasteiger partial charge in [0.2, 0.25) is 0 Å². The second kappa shape index (κ2) is 7.62. The van der Waals surface area contributed by atoms with Crippen LogP contribution in [0.5, 0.6) is 5.75 Å². The number of hydrazine groups is 1. The van der Waals surface area contributed by atoms with Crippen LogP contribution in [0.3, 0.4) is 0 Å². The summed E-state index contributed by atoms with van der Waals surface area (Å²) in [6.45, 7) is 1.81. The van der Waals surface area contributed by atoms with E-state index in [0.717, 1.165) is 16.6 Å². The van der Waals surface area contributed by atoms with Crippen molar-refractivity contribution in [2.24, 2.45) is 0 Å². The summed E-state index contributed by atoms with van der Waals surface area (Å²) in [6, 6.07) is 11.4. The Labute approximate surface area is 180 Å². The van der Waals surface area contributed by atoms with Crippen molar-refractivity contribution >= 4 is 40.9 Å². The number of nitrogens with zero attached hydrogens (tertiary/aromatic N) is 2. The maximum Gasteiger partial charge on any atom is 0.282 e. The van der Waals surface area contributed by atoms with Crippen molar-refractivity contribution in [1.82, 2.24) is 5.43 Å². The van der Waals surface area contributed by atoms with Gasteiger partial charge in [-0.2, -0.15) is 0 Å². The number of aromatic hydroxyl groups is 1. The second-order valence-corrected chi connectivity index (χ2v) is 7.14. The molecule has 0 atom stereocenters. The molecule has 1 aromatic heterocycles. The number of anilines is 1. The number of furan rings is 1. The van der Waals surface area contributed by atoms with Gasteiger partial charge < -0.3 is 9.52 Å². The first-order chi connectivity index (χ1) is 14.7. The van der Waals surface area contributed by atoms with E-state index < -0.39 is 16.7 Å². The van der Waals surface area contributed by atoms with Crippen molar-refractivity contribution in [2.75, 3.05) is 5.01 Å². The van der Waals surface area contributed by atoms with Crippen LogP contribution in [0.1, 0.15) is 11.3 Å². The summed E-state index contributed by atoms with van der Waals surface area (Å²) in [7, 11) is 0. The van der Waals surface area contributed by atoms with Crippen LogP contribution in [-0.4, -0.2) is 21.8 Å². The van der Waals surface area contributed by atoms with E-state index in [4.69, 9.17) is 16.0 Å². The highest BCUT2D eigenvalue weighted by atomic mass is 35.5. The maximum atomic E-state index is 12.7. The number of phenols is 1. The molecule has 0 bridgehead atoms. The Morgan fingerprint density at radius 3 is 2.65 bits per heavy atom. The SMILES string of the molecule is Cc1ccc(N2NC(=O)C(=Cc3ccc(-c4cc([N+](=O)[O-])ccc4O)o3)C2=O)cc1Cl. The van der Waals surface area contributed by atoms with Crippen LogP contribution < -0.4 is 10.4 Å². The van der Waals surface area contributed by atoms with E-state index in [0.29, 0.717) is 10.7 Å². The summed E-state index contributed by atoms with van der Waals surface area (Å²) in [6.07, 6.45) is 1.26.